The maximum absolute atomic E-state index is 9.28. The molecule has 0 saturated carbocycles. The van der Waals surface area contributed by atoms with Crippen molar-refractivity contribution < 1.29 is 5.11 Å². The van der Waals surface area contributed by atoms with Crippen molar-refractivity contribution in [2.75, 3.05) is 6.54 Å². The predicted molar refractivity (Wildman–Crippen MR) is 88.9 cm³/mol. The molecule has 2 nitrogen and oxygen atoms in total. The van der Waals surface area contributed by atoms with Gasteiger partial charge in [-0.1, -0.05) is 49.2 Å². The van der Waals surface area contributed by atoms with E-state index >= 15 is 0 Å². The van der Waals surface area contributed by atoms with Crippen LogP contribution in [-0.2, 0) is 6.42 Å². The fraction of sp³-hybridized carbons (Fsp3) is 0.333. The van der Waals surface area contributed by atoms with Crippen LogP contribution in [0.25, 0.3) is 0 Å². The molecular formula is C18H22ClNO. The Hall–Kier alpha value is -1.51. The van der Waals surface area contributed by atoms with Crippen LogP contribution in [0, 0.1) is 0 Å². The molecule has 1 unspecified atom stereocenters. The number of nitrogens with one attached hydrogen (secondary N) is 1. The van der Waals surface area contributed by atoms with Crippen molar-refractivity contribution in [3.63, 3.8) is 0 Å². The van der Waals surface area contributed by atoms with E-state index in [2.05, 4.69) is 24.4 Å². The number of phenolic OH excluding ortho intramolecular Hbond substituents is 1. The highest BCUT2D eigenvalue weighted by atomic mass is 35.5. The topological polar surface area (TPSA) is 32.3 Å². The molecule has 3 heteroatoms. The summed E-state index contributed by atoms with van der Waals surface area (Å²) < 4.78 is 0. The normalized spacial score (nSPS) is 12.3. The Morgan fingerprint density at radius 1 is 1.05 bits per heavy atom. The highest BCUT2D eigenvalue weighted by molar-refractivity contribution is 6.30. The lowest BCUT2D eigenvalue weighted by atomic mass is 10.0. The van der Waals surface area contributed by atoms with E-state index in [1.807, 2.05) is 24.3 Å². The Morgan fingerprint density at radius 2 is 1.71 bits per heavy atom. The molecule has 0 aliphatic heterocycles. The molecule has 0 amide bonds. The van der Waals surface area contributed by atoms with Crippen molar-refractivity contribution in [3.05, 3.63) is 64.7 Å². The number of halogens is 1. The summed E-state index contributed by atoms with van der Waals surface area (Å²) in [7, 11) is 0. The van der Waals surface area contributed by atoms with Gasteiger partial charge < -0.3 is 10.4 Å². The summed E-state index contributed by atoms with van der Waals surface area (Å²) >= 11 is 5.95. The molecule has 0 aliphatic carbocycles. The molecule has 1 atom stereocenters. The van der Waals surface area contributed by atoms with E-state index < -0.39 is 0 Å². The Morgan fingerprint density at radius 3 is 2.33 bits per heavy atom. The smallest absolute Gasteiger partial charge is 0.115 e. The minimum atomic E-state index is 0.316. The monoisotopic (exact) mass is 303 g/mol. The fourth-order valence-corrected chi connectivity index (χ4v) is 2.55. The van der Waals surface area contributed by atoms with Gasteiger partial charge in [0.2, 0.25) is 0 Å². The van der Waals surface area contributed by atoms with E-state index in [0.29, 0.717) is 11.8 Å². The van der Waals surface area contributed by atoms with Crippen LogP contribution in [0.4, 0.5) is 0 Å². The highest BCUT2D eigenvalue weighted by Gasteiger charge is 2.09. The first kappa shape index (κ1) is 15.9. The van der Waals surface area contributed by atoms with E-state index in [-0.39, 0.29) is 0 Å². The van der Waals surface area contributed by atoms with Gasteiger partial charge in [-0.25, -0.2) is 0 Å². The summed E-state index contributed by atoms with van der Waals surface area (Å²) in [6.07, 6.45) is 3.20. The minimum absolute atomic E-state index is 0.316. The Balaban J connectivity index is 1.90. The summed E-state index contributed by atoms with van der Waals surface area (Å²) in [5.74, 6) is 0.316. The van der Waals surface area contributed by atoms with Gasteiger partial charge in [0.15, 0.2) is 0 Å². The first-order chi connectivity index (χ1) is 10.2. The molecule has 2 aromatic carbocycles. The zero-order valence-electron chi connectivity index (χ0n) is 12.3. The third-order valence-electron chi connectivity index (χ3n) is 3.59. The summed E-state index contributed by atoms with van der Waals surface area (Å²) in [6, 6.07) is 15.8. The molecule has 2 aromatic rings. The van der Waals surface area contributed by atoms with Gasteiger partial charge in [-0.15, -0.1) is 0 Å². The number of hydrogen-bond acceptors (Lipinski definition) is 2. The van der Waals surface area contributed by atoms with Crippen molar-refractivity contribution in [2.45, 2.75) is 32.2 Å². The average molecular weight is 304 g/mol. The molecule has 21 heavy (non-hydrogen) atoms. The van der Waals surface area contributed by atoms with Gasteiger partial charge >= 0.3 is 0 Å². The maximum atomic E-state index is 9.28. The van der Waals surface area contributed by atoms with Crippen LogP contribution in [-0.4, -0.2) is 11.7 Å². The average Bonchev–Trinajstić information content (AvgIpc) is 2.49. The zero-order chi connectivity index (χ0) is 15.1. The lowest BCUT2D eigenvalue weighted by Gasteiger charge is -2.19. The van der Waals surface area contributed by atoms with Crippen molar-refractivity contribution in [1.82, 2.24) is 5.32 Å². The van der Waals surface area contributed by atoms with E-state index in [4.69, 9.17) is 11.6 Å². The first-order valence-electron chi connectivity index (χ1n) is 7.46. The number of hydrogen-bond donors (Lipinski definition) is 2. The molecule has 112 valence electrons. The van der Waals surface area contributed by atoms with Gasteiger partial charge in [-0.2, -0.15) is 0 Å². The molecule has 0 fully saturated rings. The Kier molecular flexibility index (Phi) is 6.09. The van der Waals surface area contributed by atoms with Crippen molar-refractivity contribution in [2.24, 2.45) is 0 Å². The molecule has 0 bridgehead atoms. The van der Waals surface area contributed by atoms with E-state index in [1.165, 1.54) is 11.1 Å². The molecule has 0 aliphatic rings. The van der Waals surface area contributed by atoms with Crippen LogP contribution >= 0.6 is 11.6 Å². The number of aromatic hydroxyl groups is 1. The van der Waals surface area contributed by atoms with E-state index in [0.717, 1.165) is 30.8 Å². The highest BCUT2D eigenvalue weighted by Crippen LogP contribution is 2.20. The molecule has 0 aromatic heterocycles. The largest absolute Gasteiger partial charge is 0.508 e. The maximum Gasteiger partial charge on any atom is 0.115 e. The summed E-state index contributed by atoms with van der Waals surface area (Å²) in [4.78, 5) is 0. The lowest BCUT2D eigenvalue weighted by molar-refractivity contribution is 0.474. The number of benzene rings is 2. The minimum Gasteiger partial charge on any atom is -0.508 e. The lowest BCUT2D eigenvalue weighted by Crippen LogP contribution is -2.23. The van der Waals surface area contributed by atoms with Gasteiger partial charge in [0.05, 0.1) is 0 Å². The molecule has 2 rings (SSSR count). The third kappa shape index (κ3) is 5.07. The number of rotatable bonds is 7. The van der Waals surface area contributed by atoms with Crippen molar-refractivity contribution in [3.8, 4) is 5.75 Å². The van der Waals surface area contributed by atoms with Crippen LogP contribution in [0.2, 0.25) is 5.02 Å². The quantitative estimate of drug-likeness (QED) is 0.776. The number of phenols is 1. The molecule has 0 radical (unpaired) electrons. The third-order valence-corrected chi connectivity index (χ3v) is 3.84. The van der Waals surface area contributed by atoms with Crippen LogP contribution in [0.3, 0.4) is 0 Å². The molecule has 0 heterocycles. The zero-order valence-corrected chi connectivity index (χ0v) is 13.1. The first-order valence-corrected chi connectivity index (χ1v) is 7.83. The van der Waals surface area contributed by atoms with Crippen LogP contribution in [0.5, 0.6) is 5.75 Å². The SMILES string of the molecule is CCCC(NCCc1ccc(O)cc1)c1ccc(Cl)cc1. The second-order valence-electron chi connectivity index (χ2n) is 5.26. The summed E-state index contributed by atoms with van der Waals surface area (Å²) in [5, 5.41) is 13.7. The fourth-order valence-electron chi connectivity index (χ4n) is 2.42. The standard InChI is InChI=1S/C18H22ClNO/c1-2-3-18(15-6-8-16(19)9-7-15)20-13-12-14-4-10-17(21)11-5-14/h4-11,18,20-21H,2-3,12-13H2,1H3. The van der Waals surface area contributed by atoms with Crippen molar-refractivity contribution >= 4 is 11.6 Å². The van der Waals surface area contributed by atoms with Gasteiger partial charge in [0.25, 0.3) is 0 Å². The predicted octanol–water partition coefficient (Wildman–Crippen LogP) is 4.72. The van der Waals surface area contributed by atoms with E-state index in [9.17, 15) is 5.11 Å². The van der Waals surface area contributed by atoms with Crippen LogP contribution < -0.4 is 5.32 Å². The summed E-state index contributed by atoms with van der Waals surface area (Å²) in [6.45, 7) is 3.11. The molecule has 2 N–H and O–H groups in total. The Labute approximate surface area is 131 Å². The van der Waals surface area contributed by atoms with Crippen LogP contribution in [0.15, 0.2) is 48.5 Å². The summed E-state index contributed by atoms with van der Waals surface area (Å²) in [5.41, 5.74) is 2.51. The van der Waals surface area contributed by atoms with Crippen LogP contribution in [0.1, 0.15) is 36.9 Å². The van der Waals surface area contributed by atoms with Gasteiger partial charge in [0.1, 0.15) is 5.75 Å². The van der Waals surface area contributed by atoms with E-state index in [1.54, 1.807) is 12.1 Å². The second kappa shape index (κ2) is 8.06. The second-order valence-corrected chi connectivity index (χ2v) is 5.70. The molecule has 0 spiro atoms. The van der Waals surface area contributed by atoms with Gasteiger partial charge in [0, 0.05) is 11.1 Å². The van der Waals surface area contributed by atoms with Crippen molar-refractivity contribution in [1.29, 1.82) is 0 Å². The Bertz CT molecular complexity index is 536. The van der Waals surface area contributed by atoms with Gasteiger partial charge in [-0.05, 0) is 54.8 Å². The molecular weight excluding hydrogens is 282 g/mol. The molecule has 0 saturated heterocycles. The van der Waals surface area contributed by atoms with Gasteiger partial charge in [-0.3, -0.25) is 0 Å².